The second kappa shape index (κ2) is 3.38. The van der Waals surface area contributed by atoms with Gasteiger partial charge in [-0.1, -0.05) is 0 Å². The molecule has 0 bridgehead atoms. The van der Waals surface area contributed by atoms with Crippen LogP contribution in [0.1, 0.15) is 0 Å². The standard InChI is InChI=1S/C6H6O2Se/c7-9-8-6-4-2-1-3-5-6/h1-5,9H. The van der Waals surface area contributed by atoms with Crippen LogP contribution in [0.25, 0.3) is 0 Å². The van der Waals surface area contributed by atoms with E-state index < -0.39 is 15.2 Å². The molecular weight excluding hydrogens is 183 g/mol. The van der Waals surface area contributed by atoms with Gasteiger partial charge in [-0.25, -0.2) is 0 Å². The van der Waals surface area contributed by atoms with Crippen LogP contribution in [0.4, 0.5) is 0 Å². The van der Waals surface area contributed by atoms with Crippen LogP contribution in [0.5, 0.6) is 5.75 Å². The van der Waals surface area contributed by atoms with Gasteiger partial charge in [0.05, 0.1) is 0 Å². The molecule has 0 amide bonds. The molecule has 0 atom stereocenters. The summed E-state index contributed by atoms with van der Waals surface area (Å²) in [5.41, 5.74) is 0. The monoisotopic (exact) mass is 190 g/mol. The molecule has 48 valence electrons. The molecule has 0 N–H and O–H groups in total. The third kappa shape index (κ3) is 1.96. The summed E-state index contributed by atoms with van der Waals surface area (Å²) in [6, 6.07) is 9.10. The third-order valence-corrected chi connectivity index (χ3v) is 1.48. The molecule has 9 heavy (non-hydrogen) atoms. The third-order valence-electron chi connectivity index (χ3n) is 0.886. The normalized spacial score (nSPS) is 8.89. The van der Waals surface area contributed by atoms with Crippen molar-refractivity contribution in [2.75, 3.05) is 0 Å². The van der Waals surface area contributed by atoms with E-state index in [9.17, 15) is 3.83 Å². The van der Waals surface area contributed by atoms with Crippen LogP contribution in [0.3, 0.4) is 0 Å². The molecule has 1 rings (SSSR count). The van der Waals surface area contributed by atoms with Crippen molar-refractivity contribution >= 4 is 15.2 Å². The quantitative estimate of drug-likeness (QED) is 0.642. The zero-order valence-corrected chi connectivity index (χ0v) is 6.53. The number of para-hydroxylation sites is 1. The molecule has 0 unspecified atom stereocenters. The summed E-state index contributed by atoms with van der Waals surface area (Å²) >= 11 is -1.20. The van der Waals surface area contributed by atoms with Gasteiger partial charge in [0.15, 0.2) is 0 Å². The molecule has 0 radical (unpaired) electrons. The van der Waals surface area contributed by atoms with Crippen LogP contribution in [0, 0.1) is 0 Å². The van der Waals surface area contributed by atoms with E-state index in [1.165, 1.54) is 0 Å². The second-order valence-corrected chi connectivity index (χ2v) is 2.17. The zero-order chi connectivity index (χ0) is 6.53. The molecule has 0 aliphatic heterocycles. The van der Waals surface area contributed by atoms with Crippen molar-refractivity contribution in [3.8, 4) is 5.75 Å². The van der Waals surface area contributed by atoms with Gasteiger partial charge in [0.1, 0.15) is 0 Å². The Labute approximate surface area is 59.5 Å². The van der Waals surface area contributed by atoms with Gasteiger partial charge in [0.2, 0.25) is 0 Å². The van der Waals surface area contributed by atoms with Crippen LogP contribution in [0.2, 0.25) is 0 Å². The topological polar surface area (TPSA) is 26.3 Å². The molecule has 0 fully saturated rings. The zero-order valence-electron chi connectivity index (χ0n) is 4.65. The predicted molar refractivity (Wildman–Crippen MR) is 34.9 cm³/mol. The average molecular weight is 189 g/mol. The number of hydrogen-bond acceptors (Lipinski definition) is 2. The first-order valence-electron chi connectivity index (χ1n) is 2.48. The Bertz CT molecular complexity index is 186. The van der Waals surface area contributed by atoms with Gasteiger partial charge < -0.3 is 0 Å². The summed E-state index contributed by atoms with van der Waals surface area (Å²) < 4.78 is 14.7. The molecule has 0 aliphatic rings. The van der Waals surface area contributed by atoms with E-state index in [4.69, 9.17) is 3.82 Å². The predicted octanol–water partition coefficient (Wildman–Crippen LogP) is 0.762. The fourth-order valence-corrected chi connectivity index (χ4v) is 0.960. The van der Waals surface area contributed by atoms with Gasteiger partial charge >= 0.3 is 59.0 Å². The molecular formula is C6H6O2Se. The second-order valence-electron chi connectivity index (χ2n) is 1.48. The minimum atomic E-state index is -1.20. The van der Waals surface area contributed by atoms with E-state index in [0.717, 1.165) is 0 Å². The first-order valence-corrected chi connectivity index (χ1v) is 4.01. The molecule has 0 saturated carbocycles. The van der Waals surface area contributed by atoms with Crippen molar-refractivity contribution in [2.45, 2.75) is 0 Å². The maximum atomic E-state index is 9.97. The fraction of sp³-hybridized carbons (Fsp3) is 0. The van der Waals surface area contributed by atoms with Gasteiger partial charge in [-0.05, 0) is 0 Å². The fourth-order valence-electron chi connectivity index (χ4n) is 0.524. The molecule has 0 aromatic heterocycles. The van der Waals surface area contributed by atoms with Crippen molar-refractivity contribution in [3.05, 3.63) is 30.3 Å². The van der Waals surface area contributed by atoms with Gasteiger partial charge in [-0.2, -0.15) is 0 Å². The summed E-state index contributed by atoms with van der Waals surface area (Å²) in [6.07, 6.45) is 0. The summed E-state index contributed by atoms with van der Waals surface area (Å²) in [7, 11) is 0. The molecule has 0 spiro atoms. The van der Waals surface area contributed by atoms with Crippen molar-refractivity contribution in [2.24, 2.45) is 0 Å². The van der Waals surface area contributed by atoms with E-state index >= 15 is 0 Å². The first-order chi connectivity index (χ1) is 4.43. The van der Waals surface area contributed by atoms with E-state index in [1.54, 1.807) is 12.1 Å². The molecule has 0 saturated heterocycles. The molecule has 2 nitrogen and oxygen atoms in total. The Balaban J connectivity index is 2.72. The van der Waals surface area contributed by atoms with Crippen molar-refractivity contribution in [3.63, 3.8) is 0 Å². The van der Waals surface area contributed by atoms with Crippen LogP contribution in [0.15, 0.2) is 30.3 Å². The van der Waals surface area contributed by atoms with E-state index in [1.807, 2.05) is 18.2 Å². The molecule has 0 heterocycles. The molecule has 3 heteroatoms. The van der Waals surface area contributed by atoms with Crippen LogP contribution >= 0.6 is 0 Å². The van der Waals surface area contributed by atoms with Gasteiger partial charge in [0.25, 0.3) is 0 Å². The number of benzene rings is 1. The van der Waals surface area contributed by atoms with E-state index in [2.05, 4.69) is 0 Å². The molecule has 0 aliphatic carbocycles. The number of rotatable bonds is 2. The van der Waals surface area contributed by atoms with Gasteiger partial charge in [-0.3, -0.25) is 0 Å². The van der Waals surface area contributed by atoms with Crippen LogP contribution < -0.4 is 3.82 Å². The van der Waals surface area contributed by atoms with Crippen molar-refractivity contribution in [1.29, 1.82) is 0 Å². The molecule has 1 aromatic rings. The summed E-state index contributed by atoms with van der Waals surface area (Å²) in [4.78, 5) is 0. The summed E-state index contributed by atoms with van der Waals surface area (Å²) in [5.74, 6) is 0.674. The van der Waals surface area contributed by atoms with Gasteiger partial charge in [0, 0.05) is 0 Å². The van der Waals surface area contributed by atoms with Gasteiger partial charge in [-0.15, -0.1) is 0 Å². The summed E-state index contributed by atoms with van der Waals surface area (Å²) in [5, 5.41) is 0. The Morgan fingerprint density at radius 1 is 1.22 bits per heavy atom. The van der Waals surface area contributed by atoms with Crippen LogP contribution in [-0.4, -0.2) is 15.2 Å². The van der Waals surface area contributed by atoms with E-state index in [-0.39, 0.29) is 0 Å². The Kier molecular flexibility index (Phi) is 2.43. The maximum absolute atomic E-state index is 9.97. The Morgan fingerprint density at radius 2 is 1.89 bits per heavy atom. The Hall–Kier alpha value is -0.661. The van der Waals surface area contributed by atoms with Crippen LogP contribution in [-0.2, 0) is 3.83 Å². The molecule has 1 aromatic carbocycles. The first kappa shape index (κ1) is 6.46. The Morgan fingerprint density at radius 3 is 2.44 bits per heavy atom. The average Bonchev–Trinajstić information content (AvgIpc) is 1.91. The number of hydrogen-bond donors (Lipinski definition) is 0. The van der Waals surface area contributed by atoms with Crippen molar-refractivity contribution in [1.82, 2.24) is 0 Å². The van der Waals surface area contributed by atoms with Crippen molar-refractivity contribution < 1.29 is 7.65 Å². The summed E-state index contributed by atoms with van der Waals surface area (Å²) in [6.45, 7) is 0. The minimum absolute atomic E-state index is 0.674. The van der Waals surface area contributed by atoms with E-state index in [0.29, 0.717) is 5.75 Å². The SMILES string of the molecule is O=[SeH]Oc1ccccc1.